The van der Waals surface area contributed by atoms with Gasteiger partial charge in [0.25, 0.3) is 0 Å². The summed E-state index contributed by atoms with van der Waals surface area (Å²) >= 11 is 1.87. The first kappa shape index (κ1) is 23.7. The molecule has 1 aliphatic rings. The normalized spacial score (nSPS) is 13.9. The molecule has 0 amide bonds. The van der Waals surface area contributed by atoms with E-state index in [0.29, 0.717) is 6.04 Å². The lowest BCUT2D eigenvalue weighted by Crippen LogP contribution is -2.38. The Morgan fingerprint density at radius 2 is 1.38 bits per heavy atom. The van der Waals surface area contributed by atoms with Gasteiger partial charge in [0.15, 0.2) is 0 Å². The number of likely N-dealkylation sites (N-methyl/N-ethyl adjacent to an activating group) is 1. The number of fused-ring (bicyclic) bond motifs is 2. The van der Waals surface area contributed by atoms with Crippen LogP contribution in [0.3, 0.4) is 0 Å². The highest BCUT2D eigenvalue weighted by Crippen LogP contribution is 2.48. The molecule has 2 aromatic rings. The van der Waals surface area contributed by atoms with Crippen molar-refractivity contribution in [2.45, 2.75) is 36.6 Å². The first-order valence-electron chi connectivity index (χ1n) is 9.62. The Morgan fingerprint density at radius 3 is 1.79 bits per heavy atom. The molecule has 0 fully saturated rings. The van der Waals surface area contributed by atoms with Crippen LogP contribution in [0, 0.1) is 0 Å². The number of hydrogen-bond donors (Lipinski definition) is 0. The van der Waals surface area contributed by atoms with E-state index in [9.17, 15) is 8.42 Å². The summed E-state index contributed by atoms with van der Waals surface area (Å²) in [5.41, 5.74) is 2.65. The lowest BCUT2D eigenvalue weighted by Gasteiger charge is -2.38. The van der Waals surface area contributed by atoms with Crippen LogP contribution in [0.5, 0.6) is 0 Å². The molecule has 3 rings (SSSR count). The summed E-state index contributed by atoms with van der Waals surface area (Å²) in [4.78, 5) is 7.41. The van der Waals surface area contributed by atoms with Crippen molar-refractivity contribution in [3.8, 4) is 0 Å². The smallest absolute Gasteiger partial charge is 0.335 e. The van der Waals surface area contributed by atoms with Crippen molar-refractivity contribution in [3.63, 3.8) is 0 Å². The number of hydrogen-bond acceptors (Lipinski definition) is 7. The minimum atomic E-state index is -3.68. The molecular weight excluding hydrogens is 408 g/mol. The molecule has 0 saturated heterocycles. The molecule has 1 heterocycles. The molecule has 1 atom stereocenters. The van der Waals surface area contributed by atoms with Crippen LogP contribution in [-0.2, 0) is 18.8 Å². The fourth-order valence-corrected chi connectivity index (χ4v) is 4.86. The van der Waals surface area contributed by atoms with Gasteiger partial charge in [-0.2, -0.15) is 8.42 Å². The SMILES string of the molecule is CC(CN(C)C)N1c2ccccc2Sc2ccccc21.CCOS(=O)(=O)OCC. The van der Waals surface area contributed by atoms with Crippen molar-refractivity contribution in [2.24, 2.45) is 0 Å². The van der Waals surface area contributed by atoms with E-state index in [4.69, 9.17) is 0 Å². The second-order valence-electron chi connectivity index (χ2n) is 6.74. The molecule has 29 heavy (non-hydrogen) atoms. The fraction of sp³-hybridized carbons (Fsp3) is 0.429. The lowest BCUT2D eigenvalue weighted by molar-refractivity contribution is 0.231. The van der Waals surface area contributed by atoms with Gasteiger partial charge < -0.3 is 9.80 Å². The van der Waals surface area contributed by atoms with Crippen LogP contribution in [0.25, 0.3) is 0 Å². The molecule has 0 spiro atoms. The standard InChI is InChI=1S/C17H20N2S.C4H10O4S/c1-13(12-18(2)3)19-14-8-4-6-10-16(14)20-17-11-7-5-9-15(17)19;1-3-7-9(5,6)8-4-2/h4-11,13H,12H2,1-3H3;3-4H2,1-2H3. The predicted molar refractivity (Wildman–Crippen MR) is 119 cm³/mol. The van der Waals surface area contributed by atoms with Crippen LogP contribution in [0.15, 0.2) is 58.3 Å². The van der Waals surface area contributed by atoms with Crippen LogP contribution >= 0.6 is 11.8 Å². The number of anilines is 2. The van der Waals surface area contributed by atoms with Gasteiger partial charge >= 0.3 is 10.4 Å². The zero-order chi connectivity index (χ0) is 21.4. The van der Waals surface area contributed by atoms with E-state index < -0.39 is 10.4 Å². The van der Waals surface area contributed by atoms with Crippen molar-refractivity contribution in [3.05, 3.63) is 48.5 Å². The van der Waals surface area contributed by atoms with Gasteiger partial charge in [-0.05, 0) is 59.1 Å². The average molecular weight is 439 g/mol. The van der Waals surface area contributed by atoms with E-state index in [1.807, 2.05) is 11.8 Å². The van der Waals surface area contributed by atoms with Crippen molar-refractivity contribution < 1.29 is 16.8 Å². The van der Waals surface area contributed by atoms with Gasteiger partial charge in [0.2, 0.25) is 0 Å². The number of rotatable bonds is 7. The molecule has 8 heteroatoms. The molecule has 0 N–H and O–H groups in total. The molecule has 6 nitrogen and oxygen atoms in total. The van der Waals surface area contributed by atoms with E-state index >= 15 is 0 Å². The van der Waals surface area contributed by atoms with Gasteiger partial charge in [0.05, 0.1) is 24.6 Å². The van der Waals surface area contributed by atoms with Crippen molar-refractivity contribution in [1.82, 2.24) is 4.90 Å². The van der Waals surface area contributed by atoms with Crippen molar-refractivity contribution >= 4 is 33.5 Å². The lowest BCUT2D eigenvalue weighted by atomic mass is 10.1. The number of nitrogens with zero attached hydrogens (tertiary/aromatic N) is 2. The van der Waals surface area contributed by atoms with Gasteiger partial charge in [-0.15, -0.1) is 0 Å². The van der Waals surface area contributed by atoms with Crippen molar-refractivity contribution in [2.75, 3.05) is 38.8 Å². The molecule has 0 saturated carbocycles. The summed E-state index contributed by atoms with van der Waals surface area (Å²) in [5, 5.41) is 0. The third-order valence-electron chi connectivity index (χ3n) is 4.06. The summed E-state index contributed by atoms with van der Waals surface area (Å²) < 4.78 is 29.2. The first-order valence-corrected chi connectivity index (χ1v) is 11.8. The van der Waals surface area contributed by atoms with Crippen LogP contribution in [0.2, 0.25) is 0 Å². The summed E-state index contributed by atoms with van der Waals surface area (Å²) in [6, 6.07) is 17.8. The zero-order valence-corrected chi connectivity index (χ0v) is 19.3. The largest absolute Gasteiger partial charge is 0.399 e. The van der Waals surface area contributed by atoms with Crippen LogP contribution in [0.4, 0.5) is 11.4 Å². The van der Waals surface area contributed by atoms with Gasteiger partial charge in [-0.1, -0.05) is 36.0 Å². The minimum Gasteiger partial charge on any atom is -0.335 e. The molecule has 1 unspecified atom stereocenters. The Balaban J connectivity index is 0.000000284. The summed E-state index contributed by atoms with van der Waals surface area (Å²) in [5.74, 6) is 0. The molecule has 0 radical (unpaired) electrons. The molecule has 2 aromatic carbocycles. The second-order valence-corrected chi connectivity index (χ2v) is 9.11. The summed E-state index contributed by atoms with van der Waals surface area (Å²) in [6.07, 6.45) is 0. The maximum atomic E-state index is 10.4. The Bertz CT molecular complexity index is 830. The third kappa shape index (κ3) is 6.72. The first-order chi connectivity index (χ1) is 13.8. The molecule has 1 aliphatic heterocycles. The quantitative estimate of drug-likeness (QED) is 0.629. The highest BCUT2D eigenvalue weighted by atomic mass is 32.3. The topological polar surface area (TPSA) is 59.1 Å². The van der Waals surface area contributed by atoms with E-state index in [-0.39, 0.29) is 13.2 Å². The fourth-order valence-electron chi connectivity index (χ4n) is 3.14. The minimum absolute atomic E-state index is 0.113. The number of para-hydroxylation sites is 2. The zero-order valence-electron chi connectivity index (χ0n) is 17.7. The van der Waals surface area contributed by atoms with Crippen LogP contribution in [-0.4, -0.2) is 53.2 Å². The van der Waals surface area contributed by atoms with Gasteiger partial charge in [-0.25, -0.2) is 8.37 Å². The molecule has 160 valence electrons. The monoisotopic (exact) mass is 438 g/mol. The van der Waals surface area contributed by atoms with E-state index in [1.165, 1.54) is 21.2 Å². The van der Waals surface area contributed by atoms with Crippen LogP contribution < -0.4 is 4.90 Å². The van der Waals surface area contributed by atoms with E-state index in [2.05, 4.69) is 87.7 Å². The maximum absolute atomic E-state index is 10.4. The summed E-state index contributed by atoms with van der Waals surface area (Å²) in [7, 11) is 0.582. The van der Waals surface area contributed by atoms with E-state index in [0.717, 1.165) is 6.54 Å². The Kier molecular flexibility index (Phi) is 8.98. The third-order valence-corrected chi connectivity index (χ3v) is 6.24. The predicted octanol–water partition coefficient (Wildman–Crippen LogP) is 4.54. The second kappa shape index (κ2) is 11.0. The number of benzene rings is 2. The van der Waals surface area contributed by atoms with Gasteiger partial charge in [-0.3, -0.25) is 0 Å². The Hall–Kier alpha value is -1.58. The van der Waals surface area contributed by atoms with E-state index in [1.54, 1.807) is 13.8 Å². The maximum Gasteiger partial charge on any atom is 0.399 e. The Labute approximate surface area is 179 Å². The molecule has 0 bridgehead atoms. The molecule has 0 aromatic heterocycles. The molecular formula is C21H30N2O4S2. The highest BCUT2D eigenvalue weighted by Gasteiger charge is 2.26. The van der Waals surface area contributed by atoms with Crippen LogP contribution in [0.1, 0.15) is 20.8 Å². The van der Waals surface area contributed by atoms with Gasteiger partial charge in [0.1, 0.15) is 0 Å². The molecule has 0 aliphatic carbocycles. The average Bonchev–Trinajstić information content (AvgIpc) is 2.65. The summed E-state index contributed by atoms with van der Waals surface area (Å²) in [6.45, 7) is 6.72. The highest BCUT2D eigenvalue weighted by molar-refractivity contribution is 7.99. The van der Waals surface area contributed by atoms with Gasteiger partial charge in [0, 0.05) is 22.4 Å². The van der Waals surface area contributed by atoms with Crippen molar-refractivity contribution in [1.29, 1.82) is 0 Å². The Morgan fingerprint density at radius 1 is 0.931 bits per heavy atom.